The largest absolute Gasteiger partial charge is 0.385 e. The van der Waals surface area contributed by atoms with Crippen molar-refractivity contribution in [1.29, 1.82) is 5.26 Å². The first-order chi connectivity index (χ1) is 7.73. The van der Waals surface area contributed by atoms with Crippen molar-refractivity contribution in [3.8, 4) is 6.07 Å². The Morgan fingerprint density at radius 1 is 1.44 bits per heavy atom. The van der Waals surface area contributed by atoms with E-state index in [2.05, 4.69) is 6.07 Å². The molecule has 1 fully saturated rings. The zero-order valence-electron chi connectivity index (χ0n) is 10.1. The molecule has 2 unspecified atom stereocenters. The highest BCUT2D eigenvalue weighted by molar-refractivity contribution is 5.11. The van der Waals surface area contributed by atoms with Crippen LogP contribution < -0.4 is 5.73 Å². The highest BCUT2D eigenvalue weighted by Gasteiger charge is 2.39. The number of hydrogen-bond donors (Lipinski definition) is 1. The van der Waals surface area contributed by atoms with Crippen LogP contribution in [0, 0.1) is 17.2 Å². The lowest BCUT2D eigenvalue weighted by Crippen LogP contribution is -2.42. The van der Waals surface area contributed by atoms with Crippen molar-refractivity contribution in [3.63, 3.8) is 0 Å². The summed E-state index contributed by atoms with van der Waals surface area (Å²) >= 11 is 0. The summed E-state index contributed by atoms with van der Waals surface area (Å²) < 4.78 is 10.4. The molecule has 1 saturated carbocycles. The Bertz CT molecular complexity index is 240. The van der Waals surface area contributed by atoms with E-state index in [0.717, 1.165) is 45.3 Å². The maximum atomic E-state index is 9.04. The van der Waals surface area contributed by atoms with Crippen LogP contribution in [0.4, 0.5) is 0 Å². The molecular formula is C12H22N2O2. The number of methoxy groups -OCH3 is 1. The zero-order chi connectivity index (χ0) is 11.9. The molecule has 0 aliphatic heterocycles. The molecule has 0 radical (unpaired) electrons. The molecule has 92 valence electrons. The van der Waals surface area contributed by atoms with Gasteiger partial charge < -0.3 is 15.2 Å². The van der Waals surface area contributed by atoms with Gasteiger partial charge in [-0.25, -0.2) is 0 Å². The maximum absolute atomic E-state index is 9.04. The molecule has 0 aromatic heterocycles. The van der Waals surface area contributed by atoms with Crippen LogP contribution in [0.1, 0.15) is 32.1 Å². The number of rotatable bonds is 7. The van der Waals surface area contributed by atoms with Crippen LogP contribution in [0.5, 0.6) is 0 Å². The molecular weight excluding hydrogens is 204 g/mol. The van der Waals surface area contributed by atoms with Crippen LogP contribution in [-0.2, 0) is 9.47 Å². The highest BCUT2D eigenvalue weighted by Crippen LogP contribution is 2.35. The van der Waals surface area contributed by atoms with Crippen molar-refractivity contribution in [3.05, 3.63) is 0 Å². The molecule has 0 heterocycles. The van der Waals surface area contributed by atoms with E-state index in [1.807, 2.05) is 0 Å². The van der Waals surface area contributed by atoms with Crippen molar-refractivity contribution < 1.29 is 9.47 Å². The maximum Gasteiger partial charge on any atom is 0.107 e. The minimum atomic E-state index is -0.601. The van der Waals surface area contributed by atoms with Crippen molar-refractivity contribution in [1.82, 2.24) is 0 Å². The van der Waals surface area contributed by atoms with Crippen molar-refractivity contribution >= 4 is 0 Å². The molecule has 0 aromatic carbocycles. The Balaban J connectivity index is 2.11. The Kier molecular flexibility index (Phi) is 5.75. The van der Waals surface area contributed by atoms with Crippen LogP contribution in [0.2, 0.25) is 0 Å². The van der Waals surface area contributed by atoms with Gasteiger partial charge in [0.2, 0.25) is 0 Å². The third-order valence-corrected chi connectivity index (χ3v) is 3.33. The molecule has 0 saturated heterocycles. The molecule has 0 aromatic rings. The Morgan fingerprint density at radius 3 is 2.94 bits per heavy atom. The van der Waals surface area contributed by atoms with Gasteiger partial charge in [-0.3, -0.25) is 0 Å². The monoisotopic (exact) mass is 226 g/mol. The van der Waals surface area contributed by atoms with Crippen molar-refractivity contribution in [2.75, 3.05) is 26.9 Å². The fraction of sp³-hybridized carbons (Fsp3) is 0.917. The van der Waals surface area contributed by atoms with Crippen LogP contribution in [0.25, 0.3) is 0 Å². The summed E-state index contributed by atoms with van der Waals surface area (Å²) in [5.74, 6) is 0.305. The topological polar surface area (TPSA) is 68.3 Å². The van der Waals surface area contributed by atoms with Gasteiger partial charge in [0.25, 0.3) is 0 Å². The van der Waals surface area contributed by atoms with E-state index in [0.29, 0.717) is 12.5 Å². The molecule has 1 aliphatic rings. The molecule has 0 spiro atoms. The first-order valence-electron chi connectivity index (χ1n) is 6.00. The van der Waals surface area contributed by atoms with Crippen LogP contribution in [0.3, 0.4) is 0 Å². The van der Waals surface area contributed by atoms with E-state index in [1.54, 1.807) is 7.11 Å². The second-order valence-corrected chi connectivity index (χ2v) is 4.49. The van der Waals surface area contributed by atoms with Crippen molar-refractivity contribution in [2.24, 2.45) is 11.7 Å². The van der Waals surface area contributed by atoms with E-state index in [9.17, 15) is 0 Å². The van der Waals surface area contributed by atoms with Gasteiger partial charge in [-0.15, -0.1) is 0 Å². The van der Waals surface area contributed by atoms with Gasteiger partial charge in [-0.05, 0) is 31.6 Å². The fourth-order valence-electron chi connectivity index (χ4n) is 2.28. The minimum Gasteiger partial charge on any atom is -0.385 e. The van der Waals surface area contributed by atoms with Crippen LogP contribution in [0.15, 0.2) is 0 Å². The normalized spacial score (nSPS) is 29.2. The molecule has 1 rings (SSSR count). The molecule has 2 atom stereocenters. The fourth-order valence-corrected chi connectivity index (χ4v) is 2.28. The van der Waals surface area contributed by atoms with Gasteiger partial charge in [0.15, 0.2) is 0 Å². The van der Waals surface area contributed by atoms with E-state index >= 15 is 0 Å². The lowest BCUT2D eigenvalue weighted by Gasteiger charge is -2.23. The third kappa shape index (κ3) is 3.75. The SMILES string of the molecule is COCCCOCCC1CCCC1(N)C#N. The second kappa shape index (κ2) is 6.85. The van der Waals surface area contributed by atoms with Gasteiger partial charge in [0.05, 0.1) is 6.07 Å². The Labute approximate surface area is 97.7 Å². The van der Waals surface area contributed by atoms with Gasteiger partial charge in [-0.2, -0.15) is 5.26 Å². The summed E-state index contributed by atoms with van der Waals surface area (Å²) in [6.07, 6.45) is 4.78. The summed E-state index contributed by atoms with van der Waals surface area (Å²) in [5, 5.41) is 9.04. The lowest BCUT2D eigenvalue weighted by molar-refractivity contribution is 0.0906. The molecule has 4 nitrogen and oxygen atoms in total. The number of hydrogen-bond acceptors (Lipinski definition) is 4. The Morgan fingerprint density at radius 2 is 2.25 bits per heavy atom. The molecule has 0 amide bonds. The average Bonchev–Trinajstić information content (AvgIpc) is 2.66. The Hall–Kier alpha value is -0.630. The van der Waals surface area contributed by atoms with Gasteiger partial charge in [0.1, 0.15) is 5.54 Å². The smallest absolute Gasteiger partial charge is 0.107 e. The summed E-state index contributed by atoms with van der Waals surface area (Å²) in [6.45, 7) is 2.17. The van der Waals surface area contributed by atoms with Gasteiger partial charge in [0, 0.05) is 26.9 Å². The van der Waals surface area contributed by atoms with Crippen molar-refractivity contribution in [2.45, 2.75) is 37.6 Å². The molecule has 4 heteroatoms. The van der Waals surface area contributed by atoms with E-state index in [4.69, 9.17) is 20.5 Å². The summed E-state index contributed by atoms with van der Waals surface area (Å²) in [5.41, 5.74) is 5.43. The molecule has 2 N–H and O–H groups in total. The number of ether oxygens (including phenoxy) is 2. The van der Waals surface area contributed by atoms with Gasteiger partial charge >= 0.3 is 0 Å². The zero-order valence-corrected chi connectivity index (χ0v) is 10.1. The van der Waals surface area contributed by atoms with Crippen LogP contribution in [-0.4, -0.2) is 32.5 Å². The van der Waals surface area contributed by atoms with E-state index in [1.165, 1.54) is 0 Å². The summed E-state index contributed by atoms with van der Waals surface area (Å²) in [6, 6.07) is 2.25. The number of nitrogens with two attached hydrogens (primary N) is 1. The molecule has 16 heavy (non-hydrogen) atoms. The van der Waals surface area contributed by atoms with Crippen LogP contribution >= 0.6 is 0 Å². The first-order valence-corrected chi connectivity index (χ1v) is 6.00. The van der Waals surface area contributed by atoms with Gasteiger partial charge in [-0.1, -0.05) is 6.42 Å². The third-order valence-electron chi connectivity index (χ3n) is 3.33. The first kappa shape index (κ1) is 13.4. The molecule has 0 bridgehead atoms. The van der Waals surface area contributed by atoms with E-state index in [-0.39, 0.29) is 0 Å². The predicted molar refractivity (Wildman–Crippen MR) is 61.8 cm³/mol. The number of nitrogens with zero attached hydrogens (tertiary/aromatic N) is 1. The highest BCUT2D eigenvalue weighted by atomic mass is 16.5. The summed E-state index contributed by atoms with van der Waals surface area (Å²) in [4.78, 5) is 0. The quantitative estimate of drug-likeness (QED) is 0.667. The lowest BCUT2D eigenvalue weighted by atomic mass is 9.87. The minimum absolute atomic E-state index is 0.305. The second-order valence-electron chi connectivity index (χ2n) is 4.49. The molecule has 1 aliphatic carbocycles. The number of nitriles is 1. The standard InChI is InChI=1S/C12H22N2O2/c1-15-7-3-8-16-9-5-11-4-2-6-12(11,14)10-13/h11H,2-9,14H2,1H3. The average molecular weight is 226 g/mol. The summed E-state index contributed by atoms with van der Waals surface area (Å²) in [7, 11) is 1.69. The predicted octanol–water partition coefficient (Wildman–Crippen LogP) is 1.45. The van der Waals surface area contributed by atoms with E-state index < -0.39 is 5.54 Å².